The van der Waals surface area contributed by atoms with Gasteiger partial charge in [-0.25, -0.2) is 0 Å². The van der Waals surface area contributed by atoms with E-state index in [9.17, 15) is 0 Å². The fourth-order valence-electron chi connectivity index (χ4n) is 7.76. The van der Waals surface area contributed by atoms with E-state index >= 15 is 0 Å². The van der Waals surface area contributed by atoms with Crippen molar-refractivity contribution in [3.05, 3.63) is 0 Å². The smallest absolute Gasteiger partial charge is 0.0786 e. The standard InChI is InChI=1S/3C13H30N.BO3/c3*1-5-9-13-14(10-6-2,11-7-3)12-8-4;2-1(3)4/h3*5-13H2,1-4H3;/q3*+1;-3. The summed E-state index contributed by atoms with van der Waals surface area (Å²) in [6, 6.07) is 0. The zero-order valence-electron chi connectivity index (χ0n) is 34.2. The highest BCUT2D eigenvalue weighted by Crippen LogP contribution is 2.15. The lowest BCUT2D eigenvalue weighted by atomic mass is 10.2. The number of hydrogen-bond donors (Lipinski definition) is 0. The topological polar surface area (TPSA) is 69.2 Å². The summed E-state index contributed by atoms with van der Waals surface area (Å²) in [5.41, 5.74) is 0. The number of nitrogens with zero attached hydrogens (tertiary/aromatic N) is 3. The second kappa shape index (κ2) is 37.6. The van der Waals surface area contributed by atoms with Crippen LogP contribution in [0.3, 0.4) is 0 Å². The minimum absolute atomic E-state index is 1.34. The van der Waals surface area contributed by atoms with Gasteiger partial charge in [-0.05, 0) is 77.0 Å². The molecule has 0 N–H and O–H groups in total. The Labute approximate surface area is 293 Å². The Hall–Kier alpha value is -0.175. The molecule has 282 valence electrons. The highest BCUT2D eigenvalue weighted by Gasteiger charge is 2.25. The third-order valence-corrected chi connectivity index (χ3v) is 9.24. The first kappa shape index (κ1) is 52.6. The van der Waals surface area contributed by atoms with Crippen molar-refractivity contribution < 1.29 is 28.5 Å². The Morgan fingerprint density at radius 2 is 0.391 bits per heavy atom. The van der Waals surface area contributed by atoms with Crippen molar-refractivity contribution in [2.45, 2.75) is 179 Å². The van der Waals surface area contributed by atoms with Gasteiger partial charge in [-0.1, -0.05) is 102 Å². The average molecular weight is 660 g/mol. The second-order valence-corrected chi connectivity index (χ2v) is 14.1. The van der Waals surface area contributed by atoms with Crippen LogP contribution in [-0.4, -0.2) is 99.3 Å². The monoisotopic (exact) mass is 660 g/mol. The molecule has 0 fully saturated rings. The van der Waals surface area contributed by atoms with E-state index in [0.29, 0.717) is 0 Å². The van der Waals surface area contributed by atoms with Crippen LogP contribution < -0.4 is 15.1 Å². The molecule has 6 nitrogen and oxygen atoms in total. The van der Waals surface area contributed by atoms with E-state index in [2.05, 4.69) is 83.1 Å². The van der Waals surface area contributed by atoms with Crippen LogP contribution in [0.5, 0.6) is 0 Å². The summed E-state index contributed by atoms with van der Waals surface area (Å²) < 4.78 is 4.16. The predicted octanol–water partition coefficient (Wildman–Crippen LogP) is 7.55. The number of quaternary nitrogens is 3. The molecule has 0 heterocycles. The Morgan fingerprint density at radius 1 is 0.261 bits per heavy atom. The minimum atomic E-state index is -2.92. The fourth-order valence-corrected chi connectivity index (χ4v) is 7.76. The summed E-state index contributed by atoms with van der Waals surface area (Å²) in [6.07, 6.45) is 20.3. The summed E-state index contributed by atoms with van der Waals surface area (Å²) in [4.78, 5) is 0. The van der Waals surface area contributed by atoms with Crippen LogP contribution >= 0.6 is 0 Å². The molecule has 0 aromatic carbocycles. The molecule has 0 aliphatic carbocycles. The molecule has 0 unspecified atom stereocenters. The van der Waals surface area contributed by atoms with E-state index in [-0.39, 0.29) is 0 Å². The van der Waals surface area contributed by atoms with Crippen LogP contribution in [0.4, 0.5) is 0 Å². The van der Waals surface area contributed by atoms with Crippen LogP contribution in [0.25, 0.3) is 0 Å². The average Bonchev–Trinajstić information content (AvgIpc) is 3.00. The molecular weight excluding hydrogens is 569 g/mol. The molecule has 0 saturated carbocycles. The van der Waals surface area contributed by atoms with E-state index in [1.165, 1.54) is 188 Å². The molecule has 0 aliphatic rings. The molecule has 46 heavy (non-hydrogen) atoms. The molecule has 0 spiro atoms. The van der Waals surface area contributed by atoms with Gasteiger partial charge in [0.05, 0.1) is 78.5 Å². The number of hydrogen-bond acceptors (Lipinski definition) is 3. The molecule has 0 saturated heterocycles. The van der Waals surface area contributed by atoms with Crippen LogP contribution in [0.15, 0.2) is 0 Å². The summed E-state index contributed by atoms with van der Waals surface area (Å²) in [7, 11) is -2.92. The summed E-state index contributed by atoms with van der Waals surface area (Å²) in [6.45, 7) is 44.6. The summed E-state index contributed by atoms with van der Waals surface area (Å²) in [5.74, 6) is 0. The fraction of sp³-hybridized carbons (Fsp3) is 1.00. The largest absolute Gasteiger partial charge is 0.907 e. The molecule has 0 radical (unpaired) electrons. The van der Waals surface area contributed by atoms with E-state index < -0.39 is 7.32 Å². The van der Waals surface area contributed by atoms with Gasteiger partial charge >= 0.3 is 0 Å². The molecule has 0 rings (SSSR count). The maximum Gasteiger partial charge on any atom is 0.0786 e. The van der Waals surface area contributed by atoms with Gasteiger partial charge in [0.15, 0.2) is 0 Å². The van der Waals surface area contributed by atoms with Crippen LogP contribution in [0.2, 0.25) is 0 Å². The van der Waals surface area contributed by atoms with Crippen molar-refractivity contribution in [1.29, 1.82) is 0 Å². The van der Waals surface area contributed by atoms with Crippen molar-refractivity contribution in [3.63, 3.8) is 0 Å². The molecule has 7 heteroatoms. The maximum atomic E-state index is 8.42. The molecular formula is C39H90BN3O3. The Bertz CT molecular complexity index is 441. The maximum absolute atomic E-state index is 8.42. The summed E-state index contributed by atoms with van der Waals surface area (Å²) in [5, 5.41) is 25.2. The van der Waals surface area contributed by atoms with Crippen molar-refractivity contribution >= 4 is 7.32 Å². The quantitative estimate of drug-likeness (QED) is 0.0676. The van der Waals surface area contributed by atoms with E-state index in [4.69, 9.17) is 15.1 Å². The highest BCUT2D eigenvalue weighted by molar-refractivity contribution is 6.24. The molecule has 0 aromatic rings. The molecule has 0 aromatic heterocycles. The van der Waals surface area contributed by atoms with Crippen molar-refractivity contribution in [2.75, 3.05) is 78.5 Å². The molecule has 0 amide bonds. The first-order chi connectivity index (χ1) is 22.0. The Morgan fingerprint density at radius 3 is 0.478 bits per heavy atom. The normalized spacial score (nSPS) is 11.5. The highest BCUT2D eigenvalue weighted by atomic mass is 16.5. The second-order valence-electron chi connectivity index (χ2n) is 14.1. The van der Waals surface area contributed by atoms with E-state index in [0.717, 1.165) is 0 Å². The third-order valence-electron chi connectivity index (χ3n) is 9.24. The lowest BCUT2D eigenvalue weighted by molar-refractivity contribution is -0.928. The van der Waals surface area contributed by atoms with Gasteiger partial charge in [0.25, 0.3) is 0 Å². The summed E-state index contributed by atoms with van der Waals surface area (Å²) >= 11 is 0. The number of unbranched alkanes of at least 4 members (excludes halogenated alkanes) is 3. The van der Waals surface area contributed by atoms with Gasteiger partial charge in [-0.15, -0.1) is 0 Å². The van der Waals surface area contributed by atoms with Crippen molar-refractivity contribution in [1.82, 2.24) is 0 Å². The Kier molecular flexibility index (Phi) is 43.1. The third kappa shape index (κ3) is 31.1. The van der Waals surface area contributed by atoms with Crippen molar-refractivity contribution in [3.8, 4) is 0 Å². The van der Waals surface area contributed by atoms with E-state index in [1.54, 1.807) is 0 Å². The van der Waals surface area contributed by atoms with Crippen molar-refractivity contribution in [2.24, 2.45) is 0 Å². The lowest BCUT2D eigenvalue weighted by Gasteiger charge is -2.38. The van der Waals surface area contributed by atoms with E-state index in [1.807, 2.05) is 0 Å². The van der Waals surface area contributed by atoms with Gasteiger partial charge < -0.3 is 28.5 Å². The van der Waals surface area contributed by atoms with Crippen LogP contribution in [0.1, 0.15) is 179 Å². The minimum Gasteiger partial charge on any atom is -0.907 e. The first-order valence-electron chi connectivity index (χ1n) is 20.5. The SMILES string of the molecule is CCCC[N+](CCC)(CCC)CCC.CCCC[N+](CCC)(CCC)CCC.CCCC[N+](CCC)(CCC)CCC.[O-]B([O-])[O-]. The van der Waals surface area contributed by atoms with Gasteiger partial charge in [0, 0.05) is 0 Å². The molecule has 0 bridgehead atoms. The Balaban J connectivity index is -0.000000271. The van der Waals surface area contributed by atoms with Crippen LogP contribution in [0, 0.1) is 0 Å². The van der Waals surface area contributed by atoms with Gasteiger partial charge in [0.1, 0.15) is 0 Å². The number of rotatable bonds is 27. The van der Waals surface area contributed by atoms with Crippen LogP contribution in [-0.2, 0) is 0 Å². The predicted molar refractivity (Wildman–Crippen MR) is 202 cm³/mol. The zero-order chi connectivity index (χ0) is 36.2. The zero-order valence-corrected chi connectivity index (χ0v) is 34.2. The van der Waals surface area contributed by atoms with Gasteiger partial charge in [-0.2, -0.15) is 0 Å². The molecule has 0 atom stereocenters. The van der Waals surface area contributed by atoms with Gasteiger partial charge in [-0.3, -0.25) is 7.32 Å². The molecule has 0 aliphatic heterocycles. The first-order valence-corrected chi connectivity index (χ1v) is 20.5. The van der Waals surface area contributed by atoms with Gasteiger partial charge in [0.2, 0.25) is 0 Å². The lowest BCUT2D eigenvalue weighted by Crippen LogP contribution is -2.56.